The molecular formula is C17H20N2O3. The van der Waals surface area contributed by atoms with Crippen LogP contribution in [0.1, 0.15) is 30.4 Å². The molecule has 22 heavy (non-hydrogen) atoms. The topological polar surface area (TPSA) is 73.4 Å². The van der Waals surface area contributed by atoms with Crippen molar-refractivity contribution < 1.29 is 14.7 Å². The average Bonchev–Trinajstić information content (AvgIpc) is 3.11. The number of carboxylic acid groups (broad SMARTS) is 1. The highest BCUT2D eigenvalue weighted by atomic mass is 16.4. The first-order chi connectivity index (χ1) is 10.6. The summed E-state index contributed by atoms with van der Waals surface area (Å²) in [7, 11) is 0. The molecule has 1 aromatic carbocycles. The van der Waals surface area contributed by atoms with Gasteiger partial charge in [-0.1, -0.05) is 11.6 Å². The van der Waals surface area contributed by atoms with E-state index in [-0.39, 0.29) is 5.91 Å². The molecule has 1 aliphatic rings. The monoisotopic (exact) mass is 300 g/mol. The fourth-order valence-electron chi connectivity index (χ4n) is 3.21. The van der Waals surface area contributed by atoms with Crippen molar-refractivity contribution in [2.45, 2.75) is 38.6 Å². The molecule has 1 amide bonds. The number of aromatic amines is 1. The van der Waals surface area contributed by atoms with E-state index >= 15 is 0 Å². The van der Waals surface area contributed by atoms with Crippen molar-refractivity contribution in [1.82, 2.24) is 9.88 Å². The van der Waals surface area contributed by atoms with E-state index in [1.54, 1.807) is 0 Å². The van der Waals surface area contributed by atoms with Gasteiger partial charge in [-0.25, -0.2) is 4.79 Å². The molecule has 5 heteroatoms. The van der Waals surface area contributed by atoms with Crippen molar-refractivity contribution in [3.8, 4) is 0 Å². The Labute approximate surface area is 128 Å². The number of carboxylic acids is 1. The number of hydrogen-bond acceptors (Lipinski definition) is 2. The average molecular weight is 300 g/mol. The number of amides is 1. The van der Waals surface area contributed by atoms with E-state index in [1.165, 1.54) is 10.5 Å². The molecule has 1 aromatic heterocycles. The van der Waals surface area contributed by atoms with E-state index in [0.717, 1.165) is 22.9 Å². The van der Waals surface area contributed by atoms with Crippen LogP contribution in [0.2, 0.25) is 0 Å². The zero-order chi connectivity index (χ0) is 15.7. The molecule has 0 spiro atoms. The Hall–Kier alpha value is -2.30. The van der Waals surface area contributed by atoms with Crippen molar-refractivity contribution in [2.75, 3.05) is 6.54 Å². The van der Waals surface area contributed by atoms with Crippen LogP contribution in [0.15, 0.2) is 24.4 Å². The van der Waals surface area contributed by atoms with Crippen LogP contribution in [0.3, 0.4) is 0 Å². The predicted octanol–water partition coefficient (Wildman–Crippen LogP) is 2.48. The van der Waals surface area contributed by atoms with Gasteiger partial charge in [0.05, 0.1) is 0 Å². The fourth-order valence-corrected chi connectivity index (χ4v) is 3.21. The highest BCUT2D eigenvalue weighted by Gasteiger charge is 2.33. The summed E-state index contributed by atoms with van der Waals surface area (Å²) in [5.41, 5.74) is 3.36. The van der Waals surface area contributed by atoms with E-state index in [4.69, 9.17) is 5.11 Å². The van der Waals surface area contributed by atoms with Crippen LogP contribution >= 0.6 is 0 Å². The van der Waals surface area contributed by atoms with Gasteiger partial charge in [0.15, 0.2) is 0 Å². The van der Waals surface area contributed by atoms with Gasteiger partial charge in [0.1, 0.15) is 6.04 Å². The lowest BCUT2D eigenvalue weighted by Crippen LogP contribution is -2.40. The summed E-state index contributed by atoms with van der Waals surface area (Å²) in [6.07, 6.45) is 4.26. The van der Waals surface area contributed by atoms with E-state index in [0.29, 0.717) is 25.8 Å². The Morgan fingerprint density at radius 2 is 2.23 bits per heavy atom. The minimum Gasteiger partial charge on any atom is -0.480 e. The normalized spacial score (nSPS) is 18.0. The number of aromatic nitrogens is 1. The lowest BCUT2D eigenvalue weighted by atomic mass is 10.1. The second kappa shape index (κ2) is 5.83. The zero-order valence-electron chi connectivity index (χ0n) is 12.6. The summed E-state index contributed by atoms with van der Waals surface area (Å²) >= 11 is 0. The van der Waals surface area contributed by atoms with Crippen LogP contribution in [0.5, 0.6) is 0 Å². The number of benzene rings is 1. The van der Waals surface area contributed by atoms with Crippen molar-refractivity contribution in [3.05, 3.63) is 35.5 Å². The van der Waals surface area contributed by atoms with Gasteiger partial charge in [-0.05, 0) is 43.9 Å². The molecule has 116 valence electrons. The van der Waals surface area contributed by atoms with Crippen LogP contribution in [0.4, 0.5) is 0 Å². The Balaban J connectivity index is 1.70. The maximum absolute atomic E-state index is 12.3. The second-order valence-electron chi connectivity index (χ2n) is 5.95. The van der Waals surface area contributed by atoms with Crippen molar-refractivity contribution in [3.63, 3.8) is 0 Å². The summed E-state index contributed by atoms with van der Waals surface area (Å²) in [6.45, 7) is 2.60. The van der Waals surface area contributed by atoms with Gasteiger partial charge < -0.3 is 15.0 Å². The number of carbonyl (C=O) groups is 2. The highest BCUT2D eigenvalue weighted by molar-refractivity contribution is 5.86. The highest BCUT2D eigenvalue weighted by Crippen LogP contribution is 2.23. The molecule has 0 saturated carbocycles. The molecule has 1 saturated heterocycles. The smallest absolute Gasteiger partial charge is 0.326 e. The molecule has 5 nitrogen and oxygen atoms in total. The first kappa shape index (κ1) is 14.6. The quantitative estimate of drug-likeness (QED) is 0.911. The third-order valence-electron chi connectivity index (χ3n) is 4.39. The predicted molar refractivity (Wildman–Crippen MR) is 83.7 cm³/mol. The summed E-state index contributed by atoms with van der Waals surface area (Å²) in [6, 6.07) is 5.56. The summed E-state index contributed by atoms with van der Waals surface area (Å²) in [5.74, 6) is -0.958. The van der Waals surface area contributed by atoms with Crippen LogP contribution in [0, 0.1) is 6.92 Å². The van der Waals surface area contributed by atoms with Crippen LogP contribution < -0.4 is 0 Å². The molecule has 1 aliphatic heterocycles. The molecule has 3 rings (SSSR count). The van der Waals surface area contributed by atoms with Crippen LogP contribution in [-0.2, 0) is 16.0 Å². The number of H-pyrrole nitrogens is 1. The summed E-state index contributed by atoms with van der Waals surface area (Å²) < 4.78 is 0. The minimum absolute atomic E-state index is 0.0631. The second-order valence-corrected chi connectivity index (χ2v) is 5.95. The van der Waals surface area contributed by atoms with Gasteiger partial charge >= 0.3 is 5.97 Å². The molecule has 2 heterocycles. The van der Waals surface area contributed by atoms with E-state index in [9.17, 15) is 9.59 Å². The van der Waals surface area contributed by atoms with E-state index < -0.39 is 12.0 Å². The molecule has 0 aliphatic carbocycles. The number of aryl methyl sites for hydroxylation is 2. The van der Waals surface area contributed by atoms with Gasteiger partial charge in [0, 0.05) is 30.1 Å². The number of hydrogen-bond donors (Lipinski definition) is 2. The number of nitrogens with one attached hydrogen (secondary N) is 1. The summed E-state index contributed by atoms with van der Waals surface area (Å²) in [4.78, 5) is 28.2. The Bertz CT molecular complexity index is 720. The third-order valence-corrected chi connectivity index (χ3v) is 4.39. The van der Waals surface area contributed by atoms with Gasteiger partial charge in [-0.2, -0.15) is 0 Å². The first-order valence-electron chi connectivity index (χ1n) is 7.65. The number of aliphatic carboxylic acids is 1. The standard InChI is InChI=1S/C17H20N2O3/c1-11-4-6-14-13(9-11)12(10-18-14)5-7-16(20)19-8-2-3-15(19)17(21)22/h4,6,9-10,15,18H,2-3,5,7-8H2,1H3,(H,21,22)/t15-/m0/s1. The molecule has 2 N–H and O–H groups in total. The van der Waals surface area contributed by atoms with E-state index in [1.807, 2.05) is 19.2 Å². The molecule has 0 radical (unpaired) electrons. The van der Waals surface area contributed by atoms with Gasteiger partial charge in [-0.3, -0.25) is 4.79 Å². The molecule has 2 aromatic rings. The largest absolute Gasteiger partial charge is 0.480 e. The Kier molecular flexibility index (Phi) is 3.88. The minimum atomic E-state index is -0.895. The number of nitrogens with zero attached hydrogens (tertiary/aromatic N) is 1. The zero-order valence-corrected chi connectivity index (χ0v) is 12.6. The molecular weight excluding hydrogens is 280 g/mol. The molecule has 1 atom stereocenters. The van der Waals surface area contributed by atoms with Crippen molar-refractivity contribution in [2.24, 2.45) is 0 Å². The number of carbonyl (C=O) groups excluding carboxylic acids is 1. The van der Waals surface area contributed by atoms with Crippen molar-refractivity contribution >= 4 is 22.8 Å². The van der Waals surface area contributed by atoms with E-state index in [2.05, 4.69) is 17.1 Å². The Morgan fingerprint density at radius 1 is 1.41 bits per heavy atom. The van der Waals surface area contributed by atoms with Crippen molar-refractivity contribution in [1.29, 1.82) is 0 Å². The molecule has 0 unspecified atom stereocenters. The van der Waals surface area contributed by atoms with Crippen LogP contribution in [-0.4, -0.2) is 39.5 Å². The number of likely N-dealkylation sites (tertiary alicyclic amines) is 1. The Morgan fingerprint density at radius 3 is 3.00 bits per heavy atom. The number of rotatable bonds is 4. The van der Waals surface area contributed by atoms with Gasteiger partial charge in [0.25, 0.3) is 0 Å². The SMILES string of the molecule is Cc1ccc2[nH]cc(CCC(=O)N3CCC[C@H]3C(=O)O)c2c1. The molecule has 0 bridgehead atoms. The molecule has 1 fully saturated rings. The maximum atomic E-state index is 12.3. The lowest BCUT2D eigenvalue weighted by molar-refractivity contribution is -0.148. The lowest BCUT2D eigenvalue weighted by Gasteiger charge is -2.21. The fraction of sp³-hybridized carbons (Fsp3) is 0.412. The third kappa shape index (κ3) is 2.71. The number of fused-ring (bicyclic) bond motifs is 1. The van der Waals surface area contributed by atoms with Gasteiger partial charge in [0.2, 0.25) is 5.91 Å². The summed E-state index contributed by atoms with van der Waals surface area (Å²) in [5, 5.41) is 10.3. The first-order valence-corrected chi connectivity index (χ1v) is 7.65. The van der Waals surface area contributed by atoms with Gasteiger partial charge in [-0.15, -0.1) is 0 Å². The van der Waals surface area contributed by atoms with Crippen LogP contribution in [0.25, 0.3) is 10.9 Å². The maximum Gasteiger partial charge on any atom is 0.326 e.